The van der Waals surface area contributed by atoms with Crippen LogP contribution in [0.3, 0.4) is 0 Å². The van der Waals surface area contributed by atoms with Gasteiger partial charge in [-0.2, -0.15) is 13.2 Å². The van der Waals surface area contributed by atoms with Crippen LogP contribution in [-0.2, 0) is 6.18 Å². The molecular formula is C5H3ClF3NS. The number of halogens is 4. The molecule has 1 nitrogen and oxygen atoms in total. The zero-order chi connectivity index (χ0) is 8.65. The number of rotatable bonds is 0. The Kier molecular flexibility index (Phi) is 2.11. The van der Waals surface area contributed by atoms with Crippen LogP contribution < -0.4 is 0 Å². The molecule has 1 heterocycles. The van der Waals surface area contributed by atoms with Gasteiger partial charge in [-0.15, -0.1) is 0 Å². The summed E-state index contributed by atoms with van der Waals surface area (Å²) < 4.78 is 35.8. The molecule has 0 spiro atoms. The van der Waals surface area contributed by atoms with E-state index >= 15 is 0 Å². The minimum Gasteiger partial charge on any atom is -0.230 e. The van der Waals surface area contributed by atoms with Gasteiger partial charge in [0.1, 0.15) is 4.88 Å². The van der Waals surface area contributed by atoms with Crippen LogP contribution in [0.1, 0.15) is 10.6 Å². The molecule has 0 aliphatic heterocycles. The average Bonchev–Trinajstić information content (AvgIpc) is 2.08. The molecule has 0 bridgehead atoms. The SMILES string of the molecule is Cc1nc(Cl)sc1C(F)(F)F. The highest BCUT2D eigenvalue weighted by atomic mass is 35.5. The van der Waals surface area contributed by atoms with Crippen molar-refractivity contribution in [3.63, 3.8) is 0 Å². The van der Waals surface area contributed by atoms with Crippen LogP contribution >= 0.6 is 22.9 Å². The largest absolute Gasteiger partial charge is 0.427 e. The molecule has 0 N–H and O–H groups in total. The maximum atomic E-state index is 12.0. The Balaban J connectivity index is 3.13. The normalized spacial score (nSPS) is 12.1. The zero-order valence-corrected chi connectivity index (χ0v) is 6.94. The second-order valence-electron chi connectivity index (χ2n) is 1.88. The molecule has 0 unspecified atom stereocenters. The predicted molar refractivity (Wildman–Crippen MR) is 36.9 cm³/mol. The van der Waals surface area contributed by atoms with E-state index in [1.165, 1.54) is 6.92 Å². The molecule has 1 aromatic heterocycles. The van der Waals surface area contributed by atoms with E-state index in [1.54, 1.807) is 0 Å². The van der Waals surface area contributed by atoms with Gasteiger partial charge >= 0.3 is 6.18 Å². The second-order valence-corrected chi connectivity index (χ2v) is 3.46. The summed E-state index contributed by atoms with van der Waals surface area (Å²) in [4.78, 5) is 2.72. The molecule has 6 heteroatoms. The zero-order valence-electron chi connectivity index (χ0n) is 5.37. The Morgan fingerprint density at radius 3 is 2.18 bits per heavy atom. The molecule has 0 radical (unpaired) electrons. The molecule has 62 valence electrons. The summed E-state index contributed by atoms with van der Waals surface area (Å²) >= 11 is 5.73. The van der Waals surface area contributed by atoms with Gasteiger partial charge in [0.05, 0.1) is 5.69 Å². The standard InChI is InChI=1S/C5H3ClF3NS/c1-2-3(5(7,8)9)11-4(6)10-2/h1H3. The van der Waals surface area contributed by atoms with E-state index in [2.05, 4.69) is 4.98 Å². The Bertz CT molecular complexity index is 267. The number of alkyl halides is 3. The molecule has 0 atom stereocenters. The lowest BCUT2D eigenvalue weighted by Gasteiger charge is -2.01. The maximum Gasteiger partial charge on any atom is 0.427 e. The summed E-state index contributed by atoms with van der Waals surface area (Å²) in [5.41, 5.74) is -0.0625. The average molecular weight is 202 g/mol. The van der Waals surface area contributed by atoms with Crippen LogP contribution in [0.2, 0.25) is 4.47 Å². The molecule has 0 saturated carbocycles. The van der Waals surface area contributed by atoms with Crippen LogP contribution in [0.25, 0.3) is 0 Å². The maximum absolute atomic E-state index is 12.0. The van der Waals surface area contributed by atoms with Crippen molar-refractivity contribution in [1.29, 1.82) is 0 Å². The molecular weight excluding hydrogens is 199 g/mol. The quantitative estimate of drug-likeness (QED) is 0.629. The third kappa shape index (κ3) is 1.84. The van der Waals surface area contributed by atoms with Crippen molar-refractivity contribution in [3.8, 4) is 0 Å². The fraction of sp³-hybridized carbons (Fsp3) is 0.400. The van der Waals surface area contributed by atoms with Crippen LogP contribution in [0.5, 0.6) is 0 Å². The lowest BCUT2D eigenvalue weighted by Crippen LogP contribution is -2.03. The van der Waals surface area contributed by atoms with Crippen LogP contribution in [0.4, 0.5) is 13.2 Å². The molecule has 0 saturated heterocycles. The molecule has 1 aromatic rings. The van der Waals surface area contributed by atoms with E-state index in [4.69, 9.17) is 11.6 Å². The third-order valence-corrected chi connectivity index (χ3v) is 2.33. The van der Waals surface area contributed by atoms with Gasteiger partial charge in [0, 0.05) is 0 Å². The Morgan fingerprint density at radius 1 is 1.45 bits per heavy atom. The summed E-state index contributed by atoms with van der Waals surface area (Å²) in [5.74, 6) is 0. The molecule has 0 amide bonds. The highest BCUT2D eigenvalue weighted by Crippen LogP contribution is 2.37. The van der Waals surface area contributed by atoms with Gasteiger partial charge < -0.3 is 0 Å². The Morgan fingerprint density at radius 2 is 2.00 bits per heavy atom. The summed E-state index contributed by atoms with van der Waals surface area (Å²) in [6.07, 6.45) is -4.32. The van der Waals surface area contributed by atoms with Crippen molar-refractivity contribution in [1.82, 2.24) is 4.98 Å². The highest BCUT2D eigenvalue weighted by Gasteiger charge is 2.35. The van der Waals surface area contributed by atoms with Crippen molar-refractivity contribution < 1.29 is 13.2 Å². The topological polar surface area (TPSA) is 12.9 Å². The van der Waals surface area contributed by atoms with E-state index in [1.807, 2.05) is 0 Å². The van der Waals surface area contributed by atoms with Crippen molar-refractivity contribution in [3.05, 3.63) is 15.0 Å². The number of nitrogens with zero attached hydrogens (tertiary/aromatic N) is 1. The minimum atomic E-state index is -4.32. The first-order valence-electron chi connectivity index (χ1n) is 2.61. The van der Waals surface area contributed by atoms with Crippen LogP contribution in [0.15, 0.2) is 0 Å². The van der Waals surface area contributed by atoms with E-state index in [9.17, 15) is 13.2 Å². The van der Waals surface area contributed by atoms with Crippen molar-refractivity contribution in [2.24, 2.45) is 0 Å². The van der Waals surface area contributed by atoms with E-state index < -0.39 is 11.1 Å². The number of aromatic nitrogens is 1. The lowest BCUT2D eigenvalue weighted by molar-refractivity contribution is -0.134. The van der Waals surface area contributed by atoms with Crippen LogP contribution in [-0.4, -0.2) is 4.98 Å². The first-order valence-corrected chi connectivity index (χ1v) is 3.81. The van der Waals surface area contributed by atoms with Gasteiger partial charge in [-0.25, -0.2) is 4.98 Å². The van der Waals surface area contributed by atoms with E-state index in [-0.39, 0.29) is 10.2 Å². The monoisotopic (exact) mass is 201 g/mol. The third-order valence-electron chi connectivity index (χ3n) is 1.03. The summed E-state index contributed by atoms with van der Waals surface area (Å²) in [6.45, 7) is 1.28. The lowest BCUT2D eigenvalue weighted by atomic mass is 10.4. The number of hydrogen-bond acceptors (Lipinski definition) is 2. The number of hydrogen-bond donors (Lipinski definition) is 0. The van der Waals surface area contributed by atoms with E-state index in [0.29, 0.717) is 11.3 Å². The Labute approximate surface area is 69.8 Å². The van der Waals surface area contributed by atoms with Gasteiger partial charge in [-0.05, 0) is 6.92 Å². The van der Waals surface area contributed by atoms with Crippen LogP contribution in [0, 0.1) is 6.92 Å². The highest BCUT2D eigenvalue weighted by molar-refractivity contribution is 7.15. The molecule has 0 aliphatic rings. The molecule has 0 fully saturated rings. The van der Waals surface area contributed by atoms with Gasteiger partial charge in [0.25, 0.3) is 0 Å². The summed E-state index contributed by atoms with van der Waals surface area (Å²) in [6, 6.07) is 0. The van der Waals surface area contributed by atoms with E-state index in [0.717, 1.165) is 0 Å². The molecule has 0 aliphatic carbocycles. The van der Waals surface area contributed by atoms with Crippen molar-refractivity contribution >= 4 is 22.9 Å². The summed E-state index contributed by atoms with van der Waals surface area (Å²) in [5, 5.41) is 0. The first kappa shape index (κ1) is 8.80. The number of aryl methyl sites for hydroxylation is 1. The molecule has 1 rings (SSSR count). The Hall–Kier alpha value is -0.290. The summed E-state index contributed by atoms with van der Waals surface area (Å²) in [7, 11) is 0. The van der Waals surface area contributed by atoms with Gasteiger partial charge in [0.15, 0.2) is 4.47 Å². The fourth-order valence-electron chi connectivity index (χ4n) is 0.627. The molecule has 11 heavy (non-hydrogen) atoms. The smallest absolute Gasteiger partial charge is 0.230 e. The van der Waals surface area contributed by atoms with Gasteiger partial charge in [-0.1, -0.05) is 22.9 Å². The first-order chi connectivity index (χ1) is 4.91. The van der Waals surface area contributed by atoms with Crippen molar-refractivity contribution in [2.75, 3.05) is 0 Å². The van der Waals surface area contributed by atoms with Crippen molar-refractivity contribution in [2.45, 2.75) is 13.1 Å². The number of thiazole rings is 1. The van der Waals surface area contributed by atoms with Gasteiger partial charge in [-0.3, -0.25) is 0 Å². The minimum absolute atomic E-state index is 0.0625. The second kappa shape index (κ2) is 2.64. The van der Waals surface area contributed by atoms with Gasteiger partial charge in [0.2, 0.25) is 0 Å². The molecule has 0 aromatic carbocycles. The predicted octanol–water partition coefficient (Wildman–Crippen LogP) is 3.12. The fourth-order valence-corrected chi connectivity index (χ4v) is 1.64.